The van der Waals surface area contributed by atoms with E-state index in [4.69, 9.17) is 17.3 Å². The molecule has 0 amide bonds. The number of aliphatic hydroxyl groups is 1. The Morgan fingerprint density at radius 2 is 1.74 bits per heavy atom. The van der Waals surface area contributed by atoms with Gasteiger partial charge in [0.2, 0.25) is 0 Å². The van der Waals surface area contributed by atoms with Crippen LogP contribution < -0.4 is 5.73 Å². The molecule has 0 aliphatic rings. The zero-order valence-corrected chi connectivity index (χ0v) is 20.3. The molecule has 0 spiro atoms. The lowest BCUT2D eigenvalue weighted by molar-refractivity contribution is 0.0877. The summed E-state index contributed by atoms with van der Waals surface area (Å²) in [5.41, 5.74) is 8.72. The number of hydrogen-bond acceptors (Lipinski definition) is 5. The van der Waals surface area contributed by atoms with E-state index in [2.05, 4.69) is 29.8 Å². The minimum absolute atomic E-state index is 0.0433. The fourth-order valence-corrected chi connectivity index (χ4v) is 4.56. The van der Waals surface area contributed by atoms with Gasteiger partial charge in [-0.1, -0.05) is 55.8 Å². The van der Waals surface area contributed by atoms with Gasteiger partial charge < -0.3 is 15.7 Å². The molecule has 6 heteroatoms. The summed E-state index contributed by atoms with van der Waals surface area (Å²) in [5, 5.41) is 14.8. The summed E-state index contributed by atoms with van der Waals surface area (Å²) >= 11 is 6.25. The highest BCUT2D eigenvalue weighted by molar-refractivity contribution is 6.31. The van der Waals surface area contributed by atoms with Crippen LogP contribution >= 0.6 is 11.6 Å². The van der Waals surface area contributed by atoms with Crippen molar-refractivity contribution < 1.29 is 9.90 Å². The number of ketones is 1. The van der Waals surface area contributed by atoms with Crippen molar-refractivity contribution in [2.75, 3.05) is 25.4 Å². The maximum Gasteiger partial charge on any atom is 0.162 e. The summed E-state index contributed by atoms with van der Waals surface area (Å²) in [4.78, 5) is 19.3. The van der Waals surface area contributed by atoms with Crippen molar-refractivity contribution in [2.45, 2.75) is 32.8 Å². The number of Topliss-reactive ketones (excluding diaryl/α,β-unsaturated/α-hetero) is 1. The second-order valence-electron chi connectivity index (χ2n) is 8.63. The van der Waals surface area contributed by atoms with Crippen LogP contribution in [0, 0.1) is 0 Å². The number of anilines is 1. The lowest BCUT2D eigenvalue weighted by Gasteiger charge is -2.21. The summed E-state index contributed by atoms with van der Waals surface area (Å²) < 4.78 is 0. The Morgan fingerprint density at radius 3 is 2.50 bits per heavy atom. The molecule has 5 nitrogen and oxygen atoms in total. The summed E-state index contributed by atoms with van der Waals surface area (Å²) in [7, 11) is 0. The molecule has 1 unspecified atom stereocenters. The second kappa shape index (κ2) is 10.5. The van der Waals surface area contributed by atoms with Crippen LogP contribution in [0.15, 0.2) is 60.8 Å². The number of benzene rings is 3. The molecular weight excluding hydrogens is 446 g/mol. The molecular formula is C28H30ClN3O2. The number of halogens is 1. The third-order valence-corrected chi connectivity index (χ3v) is 6.64. The number of nitrogens with two attached hydrogens (primary N) is 1. The number of nitrogens with zero attached hydrogens (tertiary/aromatic N) is 2. The van der Waals surface area contributed by atoms with Crippen LogP contribution in [0.4, 0.5) is 5.82 Å². The number of nitrogen functional groups attached to an aromatic ring is 1. The number of carbonyl (C=O) groups excluding carboxylic acids is 1. The van der Waals surface area contributed by atoms with Gasteiger partial charge in [-0.25, -0.2) is 4.98 Å². The van der Waals surface area contributed by atoms with Crippen molar-refractivity contribution in [2.24, 2.45) is 0 Å². The third-order valence-electron chi connectivity index (χ3n) is 6.40. The van der Waals surface area contributed by atoms with E-state index in [9.17, 15) is 9.90 Å². The molecule has 4 rings (SSSR count). The van der Waals surface area contributed by atoms with Gasteiger partial charge >= 0.3 is 0 Å². The standard InChI is InChI=1S/C28H30ClN3O2/c1-3-32(4-2)17-24(33)11-12-26(34)20-7-5-19-14-21(8-6-18(19)13-20)27-25-15-23(29)10-9-22(25)16-31-28(27)30/h5-10,13-16,24,33H,3-4,11-12,17H2,1-2H3,(H2,30,31). The number of rotatable bonds is 9. The molecule has 1 atom stereocenters. The maximum absolute atomic E-state index is 12.8. The molecule has 176 valence electrons. The number of likely N-dealkylation sites (N-methyl/N-ethyl adjacent to an activating group) is 1. The zero-order valence-electron chi connectivity index (χ0n) is 19.6. The molecule has 34 heavy (non-hydrogen) atoms. The van der Waals surface area contributed by atoms with Gasteiger partial charge in [0.1, 0.15) is 5.82 Å². The Labute approximate surface area is 205 Å². The van der Waals surface area contributed by atoms with Gasteiger partial charge in [0.15, 0.2) is 5.78 Å². The quantitative estimate of drug-likeness (QED) is 0.292. The summed E-state index contributed by atoms with van der Waals surface area (Å²) in [6.45, 7) is 6.52. The van der Waals surface area contributed by atoms with Crippen LogP contribution in [0.3, 0.4) is 0 Å². The number of fused-ring (bicyclic) bond motifs is 2. The van der Waals surface area contributed by atoms with Gasteiger partial charge in [-0.3, -0.25) is 4.79 Å². The molecule has 0 radical (unpaired) electrons. The molecule has 0 aliphatic carbocycles. The van der Waals surface area contributed by atoms with Crippen molar-refractivity contribution in [1.82, 2.24) is 9.88 Å². The van der Waals surface area contributed by atoms with E-state index < -0.39 is 6.10 Å². The average molecular weight is 476 g/mol. The second-order valence-corrected chi connectivity index (χ2v) is 9.06. The smallest absolute Gasteiger partial charge is 0.162 e. The zero-order chi connectivity index (χ0) is 24.2. The van der Waals surface area contributed by atoms with E-state index in [1.807, 2.05) is 48.5 Å². The van der Waals surface area contributed by atoms with Crippen molar-refractivity contribution >= 4 is 44.7 Å². The molecule has 0 aliphatic heterocycles. The predicted molar refractivity (Wildman–Crippen MR) is 141 cm³/mol. The van der Waals surface area contributed by atoms with Gasteiger partial charge in [-0.05, 0) is 65.5 Å². The first kappa shape index (κ1) is 24.1. The van der Waals surface area contributed by atoms with Crippen molar-refractivity contribution in [3.63, 3.8) is 0 Å². The molecule has 0 saturated heterocycles. The van der Waals surface area contributed by atoms with Crippen LogP contribution in [0.1, 0.15) is 37.0 Å². The summed E-state index contributed by atoms with van der Waals surface area (Å²) in [6, 6.07) is 17.5. The highest BCUT2D eigenvalue weighted by Crippen LogP contribution is 2.35. The Kier molecular flexibility index (Phi) is 7.47. The third kappa shape index (κ3) is 5.22. The van der Waals surface area contributed by atoms with E-state index in [0.717, 1.165) is 45.8 Å². The van der Waals surface area contributed by atoms with Crippen molar-refractivity contribution in [3.05, 3.63) is 71.4 Å². The summed E-state index contributed by atoms with van der Waals surface area (Å²) in [5.74, 6) is 0.492. The largest absolute Gasteiger partial charge is 0.392 e. The molecule has 3 aromatic carbocycles. The SMILES string of the molecule is CCN(CC)CC(O)CCC(=O)c1ccc2cc(-c3c(N)ncc4ccc(Cl)cc34)ccc2c1. The molecule has 3 N–H and O–H groups in total. The average Bonchev–Trinajstić information content (AvgIpc) is 2.85. The molecule has 1 heterocycles. The fraction of sp³-hybridized carbons (Fsp3) is 0.286. The summed E-state index contributed by atoms with van der Waals surface area (Å²) in [6.07, 6.45) is 2.04. The van der Waals surface area contributed by atoms with Crippen LogP contribution in [-0.4, -0.2) is 46.5 Å². The minimum atomic E-state index is -0.500. The van der Waals surface area contributed by atoms with Crippen LogP contribution in [0.25, 0.3) is 32.7 Å². The number of aromatic nitrogens is 1. The first-order valence-corrected chi connectivity index (χ1v) is 12.1. The van der Waals surface area contributed by atoms with E-state index in [1.165, 1.54) is 0 Å². The predicted octanol–water partition coefficient (Wildman–Crippen LogP) is 5.96. The first-order valence-electron chi connectivity index (χ1n) is 11.7. The topological polar surface area (TPSA) is 79.5 Å². The Morgan fingerprint density at radius 1 is 1.03 bits per heavy atom. The van der Waals surface area contributed by atoms with Gasteiger partial charge in [0, 0.05) is 40.7 Å². The molecule has 0 fully saturated rings. The van der Waals surface area contributed by atoms with E-state index in [0.29, 0.717) is 35.8 Å². The number of hydrogen-bond donors (Lipinski definition) is 2. The van der Waals surface area contributed by atoms with E-state index in [1.54, 1.807) is 6.20 Å². The lowest BCUT2D eigenvalue weighted by atomic mass is 9.95. The fourth-order valence-electron chi connectivity index (χ4n) is 4.39. The van der Waals surface area contributed by atoms with Crippen LogP contribution in [0.5, 0.6) is 0 Å². The van der Waals surface area contributed by atoms with E-state index in [-0.39, 0.29) is 5.78 Å². The highest BCUT2D eigenvalue weighted by Gasteiger charge is 2.14. The Bertz CT molecular complexity index is 1330. The molecule has 0 saturated carbocycles. The number of pyridine rings is 1. The molecule has 4 aromatic rings. The van der Waals surface area contributed by atoms with Crippen LogP contribution in [-0.2, 0) is 0 Å². The lowest BCUT2D eigenvalue weighted by Crippen LogP contribution is -2.32. The number of carbonyl (C=O) groups is 1. The maximum atomic E-state index is 12.8. The monoisotopic (exact) mass is 475 g/mol. The molecule has 1 aromatic heterocycles. The van der Waals surface area contributed by atoms with Crippen molar-refractivity contribution in [1.29, 1.82) is 0 Å². The highest BCUT2D eigenvalue weighted by atomic mass is 35.5. The van der Waals surface area contributed by atoms with Gasteiger partial charge in [0.25, 0.3) is 0 Å². The molecule has 0 bridgehead atoms. The van der Waals surface area contributed by atoms with Gasteiger partial charge in [0.05, 0.1) is 6.10 Å². The Balaban J connectivity index is 1.56. The van der Waals surface area contributed by atoms with Crippen molar-refractivity contribution in [3.8, 4) is 11.1 Å². The van der Waals surface area contributed by atoms with E-state index >= 15 is 0 Å². The minimum Gasteiger partial charge on any atom is -0.392 e. The number of aliphatic hydroxyl groups excluding tert-OH is 1. The van der Waals surface area contributed by atoms with Crippen LogP contribution in [0.2, 0.25) is 5.02 Å². The van der Waals surface area contributed by atoms with Gasteiger partial charge in [-0.2, -0.15) is 0 Å². The Hall–Kier alpha value is -2.99. The normalized spacial score (nSPS) is 12.5. The first-order chi connectivity index (χ1) is 16.4. The van der Waals surface area contributed by atoms with Gasteiger partial charge in [-0.15, -0.1) is 0 Å².